The zero-order valence-electron chi connectivity index (χ0n) is 17.1. The summed E-state index contributed by atoms with van der Waals surface area (Å²) in [4.78, 5) is 47.8. The fraction of sp³-hybridized carbons (Fsp3) is 0.500. The van der Waals surface area contributed by atoms with Crippen LogP contribution in [0.25, 0.3) is 0 Å². The van der Waals surface area contributed by atoms with Gasteiger partial charge in [0, 0.05) is 6.42 Å². The number of aliphatic hydroxyl groups is 1. The molecule has 0 spiro atoms. The molecule has 2 atom stereocenters. The summed E-state index contributed by atoms with van der Waals surface area (Å²) < 4.78 is 14.7. The molecule has 166 valence electrons. The van der Waals surface area contributed by atoms with E-state index in [1.165, 1.54) is 0 Å². The van der Waals surface area contributed by atoms with Crippen molar-refractivity contribution < 1.29 is 38.5 Å². The van der Waals surface area contributed by atoms with E-state index in [4.69, 9.17) is 14.2 Å². The average molecular weight is 424 g/mol. The number of esters is 2. The number of aliphatic hydroxyl groups excluding tert-OH is 1. The first kappa shape index (κ1) is 24.9. The number of carbonyl (C=O) groups is 4. The molecule has 1 aromatic rings. The van der Waals surface area contributed by atoms with Gasteiger partial charge < -0.3 is 30.0 Å². The van der Waals surface area contributed by atoms with Gasteiger partial charge in [0.1, 0.15) is 12.6 Å². The maximum Gasteiger partial charge on any atom is 0.408 e. The molecule has 10 heteroatoms. The van der Waals surface area contributed by atoms with Crippen LogP contribution < -0.4 is 10.6 Å². The molecule has 3 N–H and O–H groups in total. The van der Waals surface area contributed by atoms with Gasteiger partial charge in [0.15, 0.2) is 6.04 Å². The van der Waals surface area contributed by atoms with Crippen molar-refractivity contribution in [2.75, 3.05) is 19.8 Å². The molecule has 1 unspecified atom stereocenters. The molecule has 10 nitrogen and oxygen atoms in total. The average Bonchev–Trinajstić information content (AvgIpc) is 2.74. The van der Waals surface area contributed by atoms with E-state index in [0.717, 1.165) is 5.56 Å². The maximum absolute atomic E-state index is 12.1. The number of nitrogens with one attached hydrogen (secondary N) is 2. The summed E-state index contributed by atoms with van der Waals surface area (Å²) in [7, 11) is 0. The van der Waals surface area contributed by atoms with E-state index in [2.05, 4.69) is 10.6 Å². The third kappa shape index (κ3) is 9.37. The Morgan fingerprint density at radius 2 is 1.50 bits per heavy atom. The van der Waals surface area contributed by atoms with Crippen molar-refractivity contribution in [1.29, 1.82) is 0 Å². The molecule has 0 aliphatic rings. The number of benzene rings is 1. The number of hydrogen-bond donors (Lipinski definition) is 3. The Hall–Kier alpha value is -3.14. The Morgan fingerprint density at radius 1 is 0.900 bits per heavy atom. The fourth-order valence-electron chi connectivity index (χ4n) is 2.36. The Morgan fingerprint density at radius 3 is 2.07 bits per heavy atom. The van der Waals surface area contributed by atoms with Crippen molar-refractivity contribution in [1.82, 2.24) is 10.6 Å². The van der Waals surface area contributed by atoms with Gasteiger partial charge in [-0.1, -0.05) is 30.3 Å². The molecule has 0 aliphatic heterocycles. The first-order valence-corrected chi connectivity index (χ1v) is 9.61. The van der Waals surface area contributed by atoms with Crippen LogP contribution in [0.3, 0.4) is 0 Å². The second kappa shape index (κ2) is 13.9. The molecule has 0 aromatic heterocycles. The lowest BCUT2D eigenvalue weighted by Gasteiger charge is -2.18. The van der Waals surface area contributed by atoms with Crippen molar-refractivity contribution in [3.63, 3.8) is 0 Å². The first-order valence-electron chi connectivity index (χ1n) is 9.61. The van der Waals surface area contributed by atoms with E-state index in [0.29, 0.717) is 0 Å². The molecule has 0 saturated carbocycles. The standard InChI is InChI=1S/C20H28N2O8/c1-3-28-18(25)15(22-20(27)30-13-14-8-6-5-7-9-14)10-11-17(24)21-16(12-23)19(26)29-4-2/h5-9,15-16,23H,3-4,10-13H2,1-2H3,(H,21,24)(H,22,27)/t15?,16-/m0/s1. The van der Waals surface area contributed by atoms with Crippen molar-refractivity contribution in [2.45, 2.75) is 45.4 Å². The Labute approximate surface area is 174 Å². The second-order valence-corrected chi connectivity index (χ2v) is 6.10. The van der Waals surface area contributed by atoms with Gasteiger partial charge in [-0.15, -0.1) is 0 Å². The van der Waals surface area contributed by atoms with Gasteiger partial charge in [0.05, 0.1) is 19.8 Å². The first-order chi connectivity index (χ1) is 14.4. The highest BCUT2D eigenvalue weighted by atomic mass is 16.6. The summed E-state index contributed by atoms with van der Waals surface area (Å²) in [5.74, 6) is -2.08. The third-order valence-corrected chi connectivity index (χ3v) is 3.82. The minimum absolute atomic E-state index is 0.0143. The topological polar surface area (TPSA) is 140 Å². The van der Waals surface area contributed by atoms with Gasteiger partial charge in [-0.05, 0) is 25.8 Å². The molecule has 0 fully saturated rings. The minimum Gasteiger partial charge on any atom is -0.464 e. The molecule has 30 heavy (non-hydrogen) atoms. The second-order valence-electron chi connectivity index (χ2n) is 6.10. The summed E-state index contributed by atoms with van der Waals surface area (Å²) in [5.41, 5.74) is 0.772. The van der Waals surface area contributed by atoms with Crippen molar-refractivity contribution in [3.8, 4) is 0 Å². The molecule has 0 radical (unpaired) electrons. The third-order valence-electron chi connectivity index (χ3n) is 3.82. The molecule has 0 saturated heterocycles. The van der Waals surface area contributed by atoms with Crippen LogP contribution in [-0.4, -0.2) is 60.9 Å². The summed E-state index contributed by atoms with van der Waals surface area (Å²) >= 11 is 0. The van der Waals surface area contributed by atoms with E-state index in [1.807, 2.05) is 6.07 Å². The minimum atomic E-state index is -1.21. The Kier molecular flexibility index (Phi) is 11.6. The maximum atomic E-state index is 12.1. The molecule has 0 aliphatic carbocycles. The van der Waals surface area contributed by atoms with Crippen molar-refractivity contribution >= 4 is 23.9 Å². The van der Waals surface area contributed by atoms with E-state index in [9.17, 15) is 24.3 Å². The van der Waals surface area contributed by atoms with E-state index in [1.54, 1.807) is 38.1 Å². The zero-order chi connectivity index (χ0) is 22.4. The molecular weight excluding hydrogens is 396 g/mol. The fourth-order valence-corrected chi connectivity index (χ4v) is 2.36. The van der Waals surface area contributed by atoms with Crippen LogP contribution in [0.2, 0.25) is 0 Å². The van der Waals surface area contributed by atoms with Gasteiger partial charge in [-0.2, -0.15) is 0 Å². The van der Waals surface area contributed by atoms with Crippen LogP contribution in [0.4, 0.5) is 4.79 Å². The lowest BCUT2D eigenvalue weighted by Crippen LogP contribution is -2.46. The molecule has 1 rings (SSSR count). The number of rotatable bonds is 12. The van der Waals surface area contributed by atoms with Crippen LogP contribution in [0.5, 0.6) is 0 Å². The van der Waals surface area contributed by atoms with Crippen molar-refractivity contribution in [3.05, 3.63) is 35.9 Å². The van der Waals surface area contributed by atoms with Crippen LogP contribution in [0.1, 0.15) is 32.3 Å². The van der Waals surface area contributed by atoms with Crippen LogP contribution in [0, 0.1) is 0 Å². The summed E-state index contributed by atoms with van der Waals surface area (Å²) in [6, 6.07) is 6.66. The van der Waals surface area contributed by atoms with E-state index in [-0.39, 0.29) is 32.7 Å². The highest BCUT2D eigenvalue weighted by molar-refractivity contribution is 5.86. The van der Waals surface area contributed by atoms with Crippen LogP contribution in [-0.2, 0) is 35.2 Å². The zero-order valence-corrected chi connectivity index (χ0v) is 17.1. The van der Waals surface area contributed by atoms with E-state index < -0.39 is 42.6 Å². The highest BCUT2D eigenvalue weighted by Gasteiger charge is 2.26. The summed E-state index contributed by atoms with van der Waals surface area (Å²) in [5, 5.41) is 13.9. The summed E-state index contributed by atoms with van der Waals surface area (Å²) in [6.07, 6.45) is -1.14. The van der Waals surface area contributed by atoms with Gasteiger partial charge in [0.2, 0.25) is 5.91 Å². The SMILES string of the molecule is CCOC(=O)C(CCC(=O)N[C@@H](CO)C(=O)OCC)NC(=O)OCc1ccccc1. The number of alkyl carbamates (subject to hydrolysis) is 1. The highest BCUT2D eigenvalue weighted by Crippen LogP contribution is 2.05. The Balaban J connectivity index is 2.58. The number of amides is 2. The quantitative estimate of drug-likeness (QED) is 0.328. The predicted octanol–water partition coefficient (Wildman–Crippen LogP) is 0.665. The largest absolute Gasteiger partial charge is 0.464 e. The van der Waals surface area contributed by atoms with Crippen LogP contribution in [0.15, 0.2) is 30.3 Å². The predicted molar refractivity (Wildman–Crippen MR) is 105 cm³/mol. The number of carbonyl (C=O) groups excluding carboxylic acids is 4. The number of ether oxygens (including phenoxy) is 3. The number of hydrogen-bond acceptors (Lipinski definition) is 8. The lowest BCUT2D eigenvalue weighted by atomic mass is 10.1. The molecule has 0 bridgehead atoms. The lowest BCUT2D eigenvalue weighted by molar-refractivity contribution is -0.149. The summed E-state index contributed by atoms with van der Waals surface area (Å²) in [6.45, 7) is 2.79. The normalized spacial score (nSPS) is 12.2. The van der Waals surface area contributed by atoms with Gasteiger partial charge in [0.25, 0.3) is 0 Å². The van der Waals surface area contributed by atoms with Crippen LogP contribution >= 0.6 is 0 Å². The van der Waals surface area contributed by atoms with Crippen molar-refractivity contribution in [2.24, 2.45) is 0 Å². The van der Waals surface area contributed by atoms with E-state index >= 15 is 0 Å². The smallest absolute Gasteiger partial charge is 0.408 e. The van der Waals surface area contributed by atoms with Gasteiger partial charge in [-0.25, -0.2) is 14.4 Å². The molecular formula is C20H28N2O8. The Bertz CT molecular complexity index is 695. The molecule has 0 heterocycles. The van der Waals surface area contributed by atoms with Gasteiger partial charge in [-0.3, -0.25) is 4.79 Å². The molecule has 2 amide bonds. The molecule has 1 aromatic carbocycles. The van der Waals surface area contributed by atoms with Gasteiger partial charge >= 0.3 is 18.0 Å². The monoisotopic (exact) mass is 424 g/mol.